The highest BCUT2D eigenvalue weighted by Gasteiger charge is 2.54. The van der Waals surface area contributed by atoms with Gasteiger partial charge in [-0.25, -0.2) is 0 Å². The van der Waals surface area contributed by atoms with Crippen LogP contribution in [0.5, 0.6) is 0 Å². The summed E-state index contributed by atoms with van der Waals surface area (Å²) in [5, 5.41) is 3.37. The van der Waals surface area contributed by atoms with E-state index >= 15 is 0 Å². The van der Waals surface area contributed by atoms with Gasteiger partial charge in [-0.1, -0.05) is 12.8 Å². The van der Waals surface area contributed by atoms with Gasteiger partial charge in [0.2, 0.25) is 0 Å². The molecule has 24 heavy (non-hydrogen) atoms. The van der Waals surface area contributed by atoms with E-state index in [-0.39, 0.29) is 35.7 Å². The fraction of sp³-hybridized carbons (Fsp3) is 0.944. The lowest BCUT2D eigenvalue weighted by molar-refractivity contribution is -0.146. The van der Waals surface area contributed by atoms with Gasteiger partial charge in [0.1, 0.15) is 6.04 Å². The zero-order valence-electron chi connectivity index (χ0n) is 15.8. The number of nitrogens with one attached hydrogen (secondary N) is 1. The number of rotatable bonds is 3. The van der Waals surface area contributed by atoms with Crippen molar-refractivity contribution in [2.45, 2.75) is 83.4 Å². The number of carbonyl (C=O) groups is 1. The third-order valence-corrected chi connectivity index (χ3v) is 6.83. The molecule has 136 valence electrons. The molecule has 0 aromatic heterocycles. The first-order valence-corrected chi connectivity index (χ1v) is 9.36. The average molecular weight is 337 g/mol. The Hall–Kier alpha value is -0.585. The number of hydrogen-bond donors (Lipinski definition) is 1. The van der Waals surface area contributed by atoms with Crippen molar-refractivity contribution in [1.29, 1.82) is 0 Å². The van der Waals surface area contributed by atoms with Crippen LogP contribution in [0.4, 0.5) is 0 Å². The summed E-state index contributed by atoms with van der Waals surface area (Å²) in [6.45, 7) is 9.31. The van der Waals surface area contributed by atoms with E-state index in [0.29, 0.717) is 5.92 Å². The van der Waals surface area contributed by atoms with E-state index < -0.39 is 0 Å². The Balaban J connectivity index is 1.65. The Kier molecular flexibility index (Phi) is 4.78. The summed E-state index contributed by atoms with van der Waals surface area (Å²) < 4.78 is 17.4. The summed E-state index contributed by atoms with van der Waals surface area (Å²) in [6.07, 6.45) is 6.51. The molecule has 5 nitrogen and oxygen atoms in total. The van der Waals surface area contributed by atoms with Gasteiger partial charge in [0.05, 0.1) is 18.3 Å². The molecule has 0 aromatic rings. The Morgan fingerprint density at radius 1 is 1.21 bits per heavy atom. The van der Waals surface area contributed by atoms with E-state index in [1.165, 1.54) is 20.0 Å². The number of esters is 1. The highest BCUT2D eigenvalue weighted by molar-refractivity contribution is 6.45. The molecule has 0 radical (unpaired) electrons. The minimum absolute atomic E-state index is 0.0552. The van der Waals surface area contributed by atoms with Gasteiger partial charge in [0, 0.05) is 0 Å². The smallest absolute Gasteiger partial charge is 0.458 e. The van der Waals surface area contributed by atoms with E-state index in [9.17, 15) is 4.79 Å². The van der Waals surface area contributed by atoms with Crippen LogP contribution in [0.25, 0.3) is 0 Å². The summed E-state index contributed by atoms with van der Waals surface area (Å²) in [7, 11) is 1.35. The molecule has 3 rings (SSSR count). The second-order valence-corrected chi connectivity index (χ2v) is 8.91. The van der Waals surface area contributed by atoms with Crippen molar-refractivity contribution < 1.29 is 18.8 Å². The summed E-state index contributed by atoms with van der Waals surface area (Å²) in [6, 6.07) is -0.149. The predicted molar refractivity (Wildman–Crippen MR) is 93.7 cm³/mol. The Morgan fingerprint density at radius 2 is 1.88 bits per heavy atom. The highest BCUT2D eigenvalue weighted by Crippen LogP contribution is 2.49. The van der Waals surface area contributed by atoms with Gasteiger partial charge in [-0.05, 0) is 71.2 Å². The quantitative estimate of drug-likeness (QED) is 0.634. The zero-order chi connectivity index (χ0) is 17.6. The van der Waals surface area contributed by atoms with Crippen molar-refractivity contribution in [2.75, 3.05) is 13.7 Å². The van der Waals surface area contributed by atoms with Crippen molar-refractivity contribution in [2.24, 2.45) is 11.3 Å². The molecule has 1 spiro atoms. The maximum atomic E-state index is 12.2. The van der Waals surface area contributed by atoms with Crippen LogP contribution in [-0.4, -0.2) is 44.0 Å². The first-order valence-electron chi connectivity index (χ1n) is 9.36. The lowest BCUT2D eigenvalue weighted by atomic mass is 9.61. The monoisotopic (exact) mass is 337 g/mol. The second-order valence-electron chi connectivity index (χ2n) is 8.91. The predicted octanol–water partition coefficient (Wildman–Crippen LogP) is 2.79. The van der Waals surface area contributed by atoms with Gasteiger partial charge in [-0.3, -0.25) is 4.79 Å². The maximum Gasteiger partial charge on any atom is 0.458 e. The molecule has 1 aliphatic carbocycles. The summed E-state index contributed by atoms with van der Waals surface area (Å²) in [5.41, 5.74) is -0.485. The van der Waals surface area contributed by atoms with Crippen LogP contribution in [0.3, 0.4) is 0 Å². The Bertz CT molecular complexity index is 479. The lowest BCUT2D eigenvalue weighted by Crippen LogP contribution is -2.46. The Labute approximate surface area is 146 Å². The molecule has 2 heterocycles. The van der Waals surface area contributed by atoms with Crippen molar-refractivity contribution in [3.05, 3.63) is 0 Å². The molecule has 0 amide bonds. The zero-order valence-corrected chi connectivity index (χ0v) is 15.8. The lowest BCUT2D eigenvalue weighted by Gasteiger charge is -2.41. The topological polar surface area (TPSA) is 56.8 Å². The first kappa shape index (κ1) is 18.2. The second kappa shape index (κ2) is 6.29. The number of carbonyl (C=O) groups excluding carboxylic acids is 1. The maximum absolute atomic E-state index is 12.2. The van der Waals surface area contributed by atoms with Crippen LogP contribution in [0, 0.1) is 11.3 Å². The molecule has 6 heteroatoms. The van der Waals surface area contributed by atoms with Crippen LogP contribution < -0.4 is 5.32 Å². The summed E-state index contributed by atoms with van der Waals surface area (Å²) >= 11 is 0. The molecule has 3 unspecified atom stereocenters. The van der Waals surface area contributed by atoms with Crippen LogP contribution in [0.1, 0.15) is 59.8 Å². The number of methoxy groups -OCH3 is 1. The van der Waals surface area contributed by atoms with Crippen LogP contribution >= 0.6 is 0 Å². The van der Waals surface area contributed by atoms with Gasteiger partial charge in [-0.2, -0.15) is 0 Å². The fourth-order valence-electron chi connectivity index (χ4n) is 4.82. The van der Waals surface area contributed by atoms with E-state index in [0.717, 1.165) is 32.1 Å². The van der Waals surface area contributed by atoms with Crippen molar-refractivity contribution >= 4 is 13.1 Å². The highest BCUT2D eigenvalue weighted by atomic mass is 16.7. The molecule has 2 aliphatic heterocycles. The SMILES string of the molecule is COC(=O)C1NCCC12CCCC(CB1OC(C)(C)C(C)(C)O1)C2. The number of hydrogen-bond acceptors (Lipinski definition) is 5. The Morgan fingerprint density at radius 3 is 2.50 bits per heavy atom. The van der Waals surface area contributed by atoms with Gasteiger partial charge in [0.25, 0.3) is 0 Å². The molecule has 0 bridgehead atoms. The van der Waals surface area contributed by atoms with E-state index in [2.05, 4.69) is 33.0 Å². The first-order chi connectivity index (χ1) is 11.2. The van der Waals surface area contributed by atoms with E-state index in [1.807, 2.05) is 0 Å². The molecule has 3 fully saturated rings. The minimum atomic E-state index is -0.270. The third kappa shape index (κ3) is 3.13. The van der Waals surface area contributed by atoms with Crippen molar-refractivity contribution in [3.63, 3.8) is 0 Å². The minimum Gasteiger partial charge on any atom is -0.468 e. The van der Waals surface area contributed by atoms with E-state index in [1.54, 1.807) is 0 Å². The van der Waals surface area contributed by atoms with Gasteiger partial charge in [-0.15, -0.1) is 0 Å². The van der Waals surface area contributed by atoms with Crippen molar-refractivity contribution in [3.8, 4) is 0 Å². The summed E-state index contributed by atoms with van der Waals surface area (Å²) in [4.78, 5) is 12.2. The summed E-state index contributed by atoms with van der Waals surface area (Å²) in [5.74, 6) is 0.435. The van der Waals surface area contributed by atoms with Crippen LogP contribution in [0.15, 0.2) is 0 Å². The molecule has 3 atom stereocenters. The normalized spacial score (nSPS) is 37.8. The van der Waals surface area contributed by atoms with Crippen LogP contribution in [-0.2, 0) is 18.8 Å². The van der Waals surface area contributed by atoms with Gasteiger partial charge >= 0.3 is 13.1 Å². The molecule has 2 saturated heterocycles. The standard InChI is InChI=1S/C18H32BNO4/c1-16(2)17(3,4)24-19(23-16)12-13-7-6-8-18(11-13)9-10-20-14(18)15(21)22-5/h13-14,20H,6-12H2,1-5H3. The van der Waals surface area contributed by atoms with E-state index in [4.69, 9.17) is 14.0 Å². The number of ether oxygens (including phenoxy) is 1. The molecule has 1 N–H and O–H groups in total. The molecular formula is C18H32BNO4. The molecule has 3 aliphatic rings. The van der Waals surface area contributed by atoms with Gasteiger partial charge in [0.15, 0.2) is 0 Å². The average Bonchev–Trinajstić information content (AvgIpc) is 2.96. The van der Waals surface area contributed by atoms with Crippen molar-refractivity contribution in [1.82, 2.24) is 5.32 Å². The molecule has 0 aromatic carbocycles. The molecular weight excluding hydrogens is 305 g/mol. The fourth-order valence-corrected chi connectivity index (χ4v) is 4.82. The van der Waals surface area contributed by atoms with Crippen LogP contribution in [0.2, 0.25) is 6.32 Å². The third-order valence-electron chi connectivity index (χ3n) is 6.83. The molecule has 1 saturated carbocycles. The largest absolute Gasteiger partial charge is 0.468 e. The van der Waals surface area contributed by atoms with Gasteiger partial charge < -0.3 is 19.4 Å².